The van der Waals surface area contributed by atoms with Gasteiger partial charge in [-0.05, 0) is 13.8 Å². The Kier molecular flexibility index (Phi) is 4.70. The van der Waals surface area contributed by atoms with E-state index in [1.807, 2.05) is 6.92 Å². The molecule has 7 nitrogen and oxygen atoms in total. The Morgan fingerprint density at radius 1 is 1.61 bits per heavy atom. The maximum absolute atomic E-state index is 12.0. The molecule has 100 valence electrons. The second kappa shape index (κ2) is 6.04. The van der Waals surface area contributed by atoms with Crippen LogP contribution in [0, 0.1) is 6.92 Å². The van der Waals surface area contributed by atoms with Gasteiger partial charge in [0.2, 0.25) is 5.91 Å². The van der Waals surface area contributed by atoms with Crippen molar-refractivity contribution in [2.75, 3.05) is 14.2 Å². The summed E-state index contributed by atoms with van der Waals surface area (Å²) in [6, 6.07) is -0.630. The van der Waals surface area contributed by atoms with Crippen LogP contribution in [0.25, 0.3) is 0 Å². The Bertz CT molecular complexity index is 430. The van der Waals surface area contributed by atoms with Crippen LogP contribution in [0.5, 0.6) is 0 Å². The lowest BCUT2D eigenvalue weighted by atomic mass is 10.2. The van der Waals surface area contributed by atoms with Crippen molar-refractivity contribution in [3.8, 4) is 0 Å². The predicted octanol–water partition coefficient (Wildman–Crippen LogP) is 0.421. The van der Waals surface area contributed by atoms with Crippen molar-refractivity contribution in [1.82, 2.24) is 20.4 Å². The van der Waals surface area contributed by atoms with E-state index >= 15 is 0 Å². The summed E-state index contributed by atoms with van der Waals surface area (Å²) in [5.41, 5.74) is 1.86. The third kappa shape index (κ3) is 3.47. The Morgan fingerprint density at radius 2 is 2.28 bits per heavy atom. The first-order chi connectivity index (χ1) is 8.45. The number of alkyl carbamates (subject to hydrolysis) is 1. The van der Waals surface area contributed by atoms with Crippen molar-refractivity contribution in [3.63, 3.8) is 0 Å². The average Bonchev–Trinajstić information content (AvgIpc) is 2.73. The summed E-state index contributed by atoms with van der Waals surface area (Å²) in [7, 11) is 2.93. The lowest BCUT2D eigenvalue weighted by Gasteiger charge is -2.21. The summed E-state index contributed by atoms with van der Waals surface area (Å²) >= 11 is 0. The van der Waals surface area contributed by atoms with Crippen LogP contribution in [0.1, 0.15) is 18.2 Å². The van der Waals surface area contributed by atoms with Crippen LogP contribution in [0.3, 0.4) is 0 Å². The van der Waals surface area contributed by atoms with Crippen LogP contribution in [-0.2, 0) is 16.1 Å². The number of nitrogens with one attached hydrogen (secondary N) is 2. The summed E-state index contributed by atoms with van der Waals surface area (Å²) in [6.07, 6.45) is 1.06. The van der Waals surface area contributed by atoms with Crippen molar-refractivity contribution in [2.24, 2.45) is 0 Å². The SMILES string of the molecule is COC(=O)NC(C)C(=O)N(C)Cc1cn[nH]c1C. The quantitative estimate of drug-likeness (QED) is 0.815. The number of rotatable bonds is 4. The summed E-state index contributed by atoms with van der Waals surface area (Å²) in [5, 5.41) is 9.12. The standard InChI is InChI=1S/C11H18N4O3/c1-7-9(5-12-14-7)6-15(3)10(16)8(2)13-11(17)18-4/h5,8H,6H2,1-4H3,(H,12,14)(H,13,17). The van der Waals surface area contributed by atoms with Gasteiger partial charge in [0.15, 0.2) is 0 Å². The first-order valence-corrected chi connectivity index (χ1v) is 5.54. The number of methoxy groups -OCH3 is 1. The number of ether oxygens (including phenoxy) is 1. The highest BCUT2D eigenvalue weighted by atomic mass is 16.5. The Morgan fingerprint density at radius 3 is 2.78 bits per heavy atom. The average molecular weight is 254 g/mol. The molecule has 1 aromatic rings. The number of hydrogen-bond donors (Lipinski definition) is 2. The van der Waals surface area contributed by atoms with Gasteiger partial charge in [0.1, 0.15) is 6.04 Å². The van der Waals surface area contributed by atoms with Crippen LogP contribution in [-0.4, -0.2) is 47.3 Å². The molecule has 0 radical (unpaired) electrons. The molecule has 1 heterocycles. The van der Waals surface area contributed by atoms with Crippen LogP contribution >= 0.6 is 0 Å². The van der Waals surface area contributed by atoms with E-state index in [1.54, 1.807) is 20.2 Å². The summed E-state index contributed by atoms with van der Waals surface area (Å²) < 4.78 is 4.44. The van der Waals surface area contributed by atoms with E-state index in [2.05, 4.69) is 20.3 Å². The van der Waals surface area contributed by atoms with Crippen molar-refractivity contribution >= 4 is 12.0 Å². The van der Waals surface area contributed by atoms with Gasteiger partial charge in [-0.15, -0.1) is 0 Å². The van der Waals surface area contributed by atoms with Crippen LogP contribution < -0.4 is 5.32 Å². The van der Waals surface area contributed by atoms with E-state index in [9.17, 15) is 9.59 Å². The Hall–Kier alpha value is -2.05. The number of carbonyl (C=O) groups is 2. The highest BCUT2D eigenvalue weighted by Gasteiger charge is 2.20. The zero-order chi connectivity index (χ0) is 13.7. The molecule has 0 aliphatic carbocycles. The lowest BCUT2D eigenvalue weighted by Crippen LogP contribution is -2.45. The molecule has 2 amide bonds. The molecule has 7 heteroatoms. The van der Waals surface area contributed by atoms with Gasteiger partial charge >= 0.3 is 6.09 Å². The molecule has 1 aromatic heterocycles. The molecule has 0 aliphatic rings. The van der Waals surface area contributed by atoms with Crippen LogP contribution in [0.4, 0.5) is 4.79 Å². The largest absolute Gasteiger partial charge is 0.453 e. The molecule has 0 saturated carbocycles. The van der Waals surface area contributed by atoms with Gasteiger partial charge in [0, 0.05) is 24.8 Å². The summed E-state index contributed by atoms with van der Waals surface area (Å²) in [5.74, 6) is -0.194. The molecule has 18 heavy (non-hydrogen) atoms. The molecule has 0 saturated heterocycles. The monoisotopic (exact) mass is 254 g/mol. The zero-order valence-electron chi connectivity index (χ0n) is 11.0. The van der Waals surface area contributed by atoms with Gasteiger partial charge in [0.05, 0.1) is 13.3 Å². The van der Waals surface area contributed by atoms with Gasteiger partial charge < -0.3 is 15.0 Å². The van der Waals surface area contributed by atoms with E-state index < -0.39 is 12.1 Å². The minimum Gasteiger partial charge on any atom is -0.453 e. The van der Waals surface area contributed by atoms with Crippen molar-refractivity contribution in [3.05, 3.63) is 17.5 Å². The number of carbonyl (C=O) groups excluding carboxylic acids is 2. The van der Waals surface area contributed by atoms with Crippen LogP contribution in [0.15, 0.2) is 6.20 Å². The molecule has 1 atom stereocenters. The summed E-state index contributed by atoms with van der Waals surface area (Å²) in [6.45, 7) is 3.93. The minimum absolute atomic E-state index is 0.194. The summed E-state index contributed by atoms with van der Waals surface area (Å²) in [4.78, 5) is 24.5. The third-order valence-corrected chi connectivity index (χ3v) is 2.61. The molecule has 2 N–H and O–H groups in total. The maximum Gasteiger partial charge on any atom is 0.407 e. The number of aromatic amines is 1. The highest BCUT2D eigenvalue weighted by Crippen LogP contribution is 2.07. The number of hydrogen-bond acceptors (Lipinski definition) is 4. The molecule has 1 rings (SSSR count). The van der Waals surface area contributed by atoms with Crippen molar-refractivity contribution < 1.29 is 14.3 Å². The van der Waals surface area contributed by atoms with Gasteiger partial charge in [0.25, 0.3) is 0 Å². The zero-order valence-corrected chi connectivity index (χ0v) is 11.0. The van der Waals surface area contributed by atoms with E-state index in [4.69, 9.17) is 0 Å². The molecule has 0 bridgehead atoms. The van der Waals surface area contributed by atoms with Gasteiger partial charge in [-0.1, -0.05) is 0 Å². The number of aryl methyl sites for hydroxylation is 1. The molecular formula is C11H18N4O3. The molecule has 0 spiro atoms. The molecular weight excluding hydrogens is 236 g/mol. The highest BCUT2D eigenvalue weighted by molar-refractivity contribution is 5.85. The number of likely N-dealkylation sites (N-methyl/N-ethyl adjacent to an activating group) is 1. The number of aromatic nitrogens is 2. The second-order valence-corrected chi connectivity index (χ2v) is 4.07. The molecule has 0 aliphatic heterocycles. The number of nitrogens with zero attached hydrogens (tertiary/aromatic N) is 2. The topological polar surface area (TPSA) is 87.3 Å². The van der Waals surface area contributed by atoms with E-state index in [-0.39, 0.29) is 5.91 Å². The Labute approximate surface area is 105 Å². The first kappa shape index (κ1) is 14.0. The van der Waals surface area contributed by atoms with Crippen LogP contribution in [0.2, 0.25) is 0 Å². The minimum atomic E-state index is -0.630. The smallest absolute Gasteiger partial charge is 0.407 e. The third-order valence-electron chi connectivity index (χ3n) is 2.61. The van der Waals surface area contributed by atoms with Crippen molar-refractivity contribution in [1.29, 1.82) is 0 Å². The molecule has 0 aromatic carbocycles. The molecule has 1 unspecified atom stereocenters. The first-order valence-electron chi connectivity index (χ1n) is 5.54. The normalized spacial score (nSPS) is 11.8. The van der Waals surface area contributed by atoms with E-state index in [0.717, 1.165) is 11.3 Å². The van der Waals surface area contributed by atoms with E-state index in [0.29, 0.717) is 6.54 Å². The Balaban J connectivity index is 2.56. The lowest BCUT2D eigenvalue weighted by molar-refractivity contribution is -0.132. The fourth-order valence-corrected chi connectivity index (χ4v) is 1.50. The van der Waals surface area contributed by atoms with Crippen molar-refractivity contribution in [2.45, 2.75) is 26.4 Å². The van der Waals surface area contributed by atoms with Gasteiger partial charge in [-0.2, -0.15) is 5.10 Å². The van der Waals surface area contributed by atoms with E-state index in [1.165, 1.54) is 12.0 Å². The second-order valence-electron chi connectivity index (χ2n) is 4.07. The maximum atomic E-state index is 12.0. The fourth-order valence-electron chi connectivity index (χ4n) is 1.50. The van der Waals surface area contributed by atoms with Gasteiger partial charge in [-0.25, -0.2) is 4.79 Å². The molecule has 0 fully saturated rings. The number of amides is 2. The number of H-pyrrole nitrogens is 1. The predicted molar refractivity (Wildman–Crippen MR) is 64.8 cm³/mol. The fraction of sp³-hybridized carbons (Fsp3) is 0.545. The van der Waals surface area contributed by atoms with Gasteiger partial charge in [-0.3, -0.25) is 9.89 Å².